The third-order valence-electron chi connectivity index (χ3n) is 4.16. The summed E-state index contributed by atoms with van der Waals surface area (Å²) in [7, 11) is 0. The molecule has 0 saturated heterocycles. The molecule has 0 heterocycles. The number of hydrogen-bond donors (Lipinski definition) is 0. The molecule has 0 aromatic heterocycles. The zero-order valence-corrected chi connectivity index (χ0v) is 16.2. The smallest absolute Gasteiger partial charge is 0.305 e. The van der Waals surface area contributed by atoms with Crippen LogP contribution in [0.25, 0.3) is 0 Å². The zero-order valence-electron chi connectivity index (χ0n) is 16.2. The molecule has 0 aromatic carbocycles. The third-order valence-corrected chi connectivity index (χ3v) is 4.16. The van der Waals surface area contributed by atoms with Crippen molar-refractivity contribution >= 4 is 5.97 Å². The van der Waals surface area contributed by atoms with Gasteiger partial charge in [0.1, 0.15) is 0 Å². The SMILES string of the molecule is CCCCCC/C=C/C=C/CCCCCCCCCC(=O)OCC. The Morgan fingerprint density at radius 3 is 1.75 bits per heavy atom. The lowest BCUT2D eigenvalue weighted by Gasteiger charge is -2.02. The first-order valence-electron chi connectivity index (χ1n) is 10.3. The number of ether oxygens (including phenoxy) is 1. The van der Waals surface area contributed by atoms with Crippen molar-refractivity contribution in [2.24, 2.45) is 0 Å². The van der Waals surface area contributed by atoms with Crippen LogP contribution < -0.4 is 0 Å². The highest BCUT2D eigenvalue weighted by Gasteiger charge is 2.00. The van der Waals surface area contributed by atoms with Gasteiger partial charge in [-0.3, -0.25) is 4.79 Å². The molecule has 0 spiro atoms. The molecule has 0 bridgehead atoms. The number of carbonyl (C=O) groups excluding carboxylic acids is 1. The fourth-order valence-corrected chi connectivity index (χ4v) is 2.69. The van der Waals surface area contributed by atoms with E-state index in [0.29, 0.717) is 13.0 Å². The van der Waals surface area contributed by atoms with Crippen LogP contribution in [0.2, 0.25) is 0 Å². The molecule has 0 aromatic rings. The van der Waals surface area contributed by atoms with Gasteiger partial charge >= 0.3 is 5.97 Å². The van der Waals surface area contributed by atoms with Crippen molar-refractivity contribution in [2.75, 3.05) is 6.61 Å². The van der Waals surface area contributed by atoms with Crippen LogP contribution >= 0.6 is 0 Å². The van der Waals surface area contributed by atoms with Crippen molar-refractivity contribution in [1.82, 2.24) is 0 Å². The highest BCUT2D eigenvalue weighted by atomic mass is 16.5. The van der Waals surface area contributed by atoms with E-state index in [-0.39, 0.29) is 5.97 Å². The number of unbranched alkanes of at least 4 members (excludes halogenated alkanes) is 11. The van der Waals surface area contributed by atoms with E-state index in [1.54, 1.807) is 0 Å². The maximum absolute atomic E-state index is 11.2. The number of allylic oxidation sites excluding steroid dienone is 4. The average molecular weight is 337 g/mol. The first kappa shape index (κ1) is 22.9. The normalized spacial score (nSPS) is 11.6. The Labute approximate surface area is 150 Å². The van der Waals surface area contributed by atoms with Gasteiger partial charge in [0.2, 0.25) is 0 Å². The van der Waals surface area contributed by atoms with Gasteiger partial charge in [0.15, 0.2) is 0 Å². The lowest BCUT2D eigenvalue weighted by molar-refractivity contribution is -0.143. The minimum atomic E-state index is -0.0423. The van der Waals surface area contributed by atoms with Crippen LogP contribution in [0.3, 0.4) is 0 Å². The molecule has 0 amide bonds. The van der Waals surface area contributed by atoms with Gasteiger partial charge in [0.25, 0.3) is 0 Å². The Balaban J connectivity index is 3.20. The van der Waals surface area contributed by atoms with Crippen LogP contribution in [0.1, 0.15) is 104 Å². The summed E-state index contributed by atoms with van der Waals surface area (Å²) in [5.74, 6) is -0.0423. The molecule has 0 aliphatic carbocycles. The zero-order chi connectivity index (χ0) is 17.7. The van der Waals surface area contributed by atoms with E-state index >= 15 is 0 Å². The molecule has 140 valence electrons. The van der Waals surface area contributed by atoms with Crippen LogP contribution in [-0.4, -0.2) is 12.6 Å². The van der Waals surface area contributed by atoms with E-state index < -0.39 is 0 Å². The lowest BCUT2D eigenvalue weighted by Crippen LogP contribution is -2.03. The fraction of sp³-hybridized carbons (Fsp3) is 0.773. The van der Waals surface area contributed by atoms with E-state index in [2.05, 4.69) is 31.2 Å². The number of rotatable bonds is 17. The average Bonchev–Trinajstić information content (AvgIpc) is 2.58. The Kier molecular flexibility index (Phi) is 19.1. The number of esters is 1. The summed E-state index contributed by atoms with van der Waals surface area (Å²) in [6.45, 7) is 4.62. The Bertz CT molecular complexity index is 318. The standard InChI is InChI=1S/C22H40O2/c1-3-5-6-7-8-9-10-11-12-13-14-15-16-17-18-19-20-21-22(23)24-4-2/h9-12H,3-8,13-21H2,1-2H3/b10-9+,12-11+. The van der Waals surface area contributed by atoms with Crippen LogP contribution in [-0.2, 0) is 9.53 Å². The molecular formula is C22H40O2. The van der Waals surface area contributed by atoms with Crippen molar-refractivity contribution in [3.05, 3.63) is 24.3 Å². The summed E-state index contributed by atoms with van der Waals surface area (Å²) in [4.78, 5) is 11.2. The van der Waals surface area contributed by atoms with E-state index in [1.807, 2.05) is 6.92 Å². The summed E-state index contributed by atoms with van der Waals surface area (Å²) in [6.07, 6.45) is 26.0. The molecular weight excluding hydrogens is 296 g/mol. The van der Waals surface area contributed by atoms with Crippen molar-refractivity contribution < 1.29 is 9.53 Å². The Hall–Kier alpha value is -1.05. The topological polar surface area (TPSA) is 26.3 Å². The summed E-state index contributed by atoms with van der Waals surface area (Å²) >= 11 is 0. The summed E-state index contributed by atoms with van der Waals surface area (Å²) < 4.78 is 4.92. The number of hydrogen-bond acceptors (Lipinski definition) is 2. The first-order valence-corrected chi connectivity index (χ1v) is 10.3. The van der Waals surface area contributed by atoms with Crippen molar-refractivity contribution in [2.45, 2.75) is 104 Å². The molecule has 24 heavy (non-hydrogen) atoms. The molecule has 0 N–H and O–H groups in total. The first-order chi connectivity index (χ1) is 11.8. The summed E-state index contributed by atoms with van der Waals surface area (Å²) in [5.41, 5.74) is 0. The van der Waals surface area contributed by atoms with Gasteiger partial charge in [0.05, 0.1) is 6.61 Å². The van der Waals surface area contributed by atoms with Gasteiger partial charge in [-0.25, -0.2) is 0 Å². The van der Waals surface area contributed by atoms with Gasteiger partial charge in [0, 0.05) is 6.42 Å². The van der Waals surface area contributed by atoms with Gasteiger partial charge in [-0.2, -0.15) is 0 Å². The van der Waals surface area contributed by atoms with E-state index in [0.717, 1.165) is 12.8 Å². The molecule has 0 saturated carbocycles. The van der Waals surface area contributed by atoms with Gasteiger partial charge in [-0.05, 0) is 39.0 Å². The maximum atomic E-state index is 11.2. The predicted octanol–water partition coefficient (Wildman–Crippen LogP) is 7.14. The molecule has 2 nitrogen and oxygen atoms in total. The quantitative estimate of drug-likeness (QED) is 0.160. The highest BCUT2D eigenvalue weighted by Crippen LogP contribution is 2.10. The van der Waals surface area contributed by atoms with Crippen molar-refractivity contribution in [3.63, 3.8) is 0 Å². The van der Waals surface area contributed by atoms with Crippen molar-refractivity contribution in [1.29, 1.82) is 0 Å². The minimum absolute atomic E-state index is 0.0423. The van der Waals surface area contributed by atoms with Gasteiger partial charge < -0.3 is 4.74 Å². The molecule has 0 atom stereocenters. The molecule has 0 aliphatic heterocycles. The Morgan fingerprint density at radius 2 is 1.21 bits per heavy atom. The summed E-state index contributed by atoms with van der Waals surface area (Å²) in [6, 6.07) is 0. The second-order valence-electron chi connectivity index (χ2n) is 6.52. The number of carbonyl (C=O) groups is 1. The maximum Gasteiger partial charge on any atom is 0.305 e. The molecule has 2 heteroatoms. The highest BCUT2D eigenvalue weighted by molar-refractivity contribution is 5.69. The second-order valence-corrected chi connectivity index (χ2v) is 6.52. The predicted molar refractivity (Wildman–Crippen MR) is 105 cm³/mol. The van der Waals surface area contributed by atoms with Gasteiger partial charge in [-0.15, -0.1) is 0 Å². The van der Waals surface area contributed by atoms with E-state index in [9.17, 15) is 4.79 Å². The molecule has 0 rings (SSSR count). The van der Waals surface area contributed by atoms with Crippen LogP contribution in [0.4, 0.5) is 0 Å². The third kappa shape index (κ3) is 19.0. The fourth-order valence-electron chi connectivity index (χ4n) is 2.69. The largest absolute Gasteiger partial charge is 0.466 e. The van der Waals surface area contributed by atoms with E-state index in [1.165, 1.54) is 70.6 Å². The molecule has 0 radical (unpaired) electrons. The van der Waals surface area contributed by atoms with Gasteiger partial charge in [-0.1, -0.05) is 82.6 Å². The molecule has 0 aliphatic rings. The molecule has 0 fully saturated rings. The monoisotopic (exact) mass is 336 g/mol. The second kappa shape index (κ2) is 20.0. The van der Waals surface area contributed by atoms with Crippen LogP contribution in [0.15, 0.2) is 24.3 Å². The molecule has 0 unspecified atom stereocenters. The van der Waals surface area contributed by atoms with E-state index in [4.69, 9.17) is 4.74 Å². The minimum Gasteiger partial charge on any atom is -0.466 e. The van der Waals surface area contributed by atoms with Crippen LogP contribution in [0.5, 0.6) is 0 Å². The Morgan fingerprint density at radius 1 is 0.708 bits per heavy atom. The van der Waals surface area contributed by atoms with Crippen molar-refractivity contribution in [3.8, 4) is 0 Å². The summed E-state index contributed by atoms with van der Waals surface area (Å²) in [5, 5.41) is 0. The van der Waals surface area contributed by atoms with Crippen LogP contribution in [0, 0.1) is 0 Å². The lowest BCUT2D eigenvalue weighted by atomic mass is 10.1.